The zero-order chi connectivity index (χ0) is 18.0. The fourth-order valence-corrected chi connectivity index (χ4v) is 5.31. The normalized spacial score (nSPS) is 9.85. The molecule has 0 amide bonds. The van der Waals surface area contributed by atoms with Gasteiger partial charge in [-0.15, -0.1) is 0 Å². The molecular formula is C25H21CuP-3. The fourth-order valence-electron chi connectivity index (χ4n) is 2.74. The molecule has 0 spiro atoms. The van der Waals surface area contributed by atoms with E-state index in [1.54, 1.807) is 0 Å². The molecule has 140 valence electrons. The number of benzene rings is 3. The minimum atomic E-state index is -0.877. The molecule has 0 bridgehead atoms. The molecule has 4 rings (SSSR count). The summed E-state index contributed by atoms with van der Waals surface area (Å²) in [5, 5.41) is 4.31. The van der Waals surface area contributed by atoms with Gasteiger partial charge in [0.25, 0.3) is 0 Å². The van der Waals surface area contributed by atoms with Crippen molar-refractivity contribution in [1.29, 1.82) is 0 Å². The summed E-state index contributed by atoms with van der Waals surface area (Å²) in [4.78, 5) is 0. The predicted molar refractivity (Wildman–Crippen MR) is 113 cm³/mol. The molecule has 0 N–H and O–H groups in total. The van der Waals surface area contributed by atoms with Crippen molar-refractivity contribution < 1.29 is 17.1 Å². The Kier molecular flexibility index (Phi) is 9.16. The van der Waals surface area contributed by atoms with Crippen molar-refractivity contribution in [3.8, 4) is 0 Å². The Labute approximate surface area is 174 Å². The van der Waals surface area contributed by atoms with E-state index in [1.165, 1.54) is 15.9 Å². The fraction of sp³-hybridized carbons (Fsp3) is 0.0800. The van der Waals surface area contributed by atoms with Crippen LogP contribution in [0.5, 0.6) is 0 Å². The Morgan fingerprint density at radius 3 is 1.22 bits per heavy atom. The summed E-state index contributed by atoms with van der Waals surface area (Å²) in [6.07, 6.45) is 0.986. The third-order valence-electron chi connectivity index (χ3n) is 4.03. The Balaban J connectivity index is 0.000000278. The molecule has 2 heteroatoms. The molecule has 0 nitrogen and oxygen atoms in total. The molecule has 0 saturated heterocycles. The molecule has 4 aromatic carbocycles. The Morgan fingerprint density at radius 2 is 0.963 bits per heavy atom. The van der Waals surface area contributed by atoms with E-state index in [0.29, 0.717) is 0 Å². The Bertz CT molecular complexity index is 762. The summed E-state index contributed by atoms with van der Waals surface area (Å²) in [5.74, 6) is 0. The van der Waals surface area contributed by atoms with E-state index in [-0.39, 0.29) is 17.1 Å². The van der Waals surface area contributed by atoms with Gasteiger partial charge in [0.1, 0.15) is 15.9 Å². The third kappa shape index (κ3) is 6.26. The van der Waals surface area contributed by atoms with Crippen molar-refractivity contribution >= 4 is 23.8 Å². The monoisotopic (exact) mass is 415 g/mol. The van der Waals surface area contributed by atoms with E-state index in [2.05, 4.69) is 122 Å². The topological polar surface area (TPSA) is 0 Å². The van der Waals surface area contributed by atoms with Crippen LogP contribution in [0.3, 0.4) is 0 Å². The first kappa shape index (κ1) is 21.3. The van der Waals surface area contributed by atoms with Crippen LogP contribution in [0.4, 0.5) is 0 Å². The van der Waals surface area contributed by atoms with Crippen LogP contribution in [-0.4, -0.2) is 0 Å². The maximum atomic E-state index is 2.85. The van der Waals surface area contributed by atoms with Gasteiger partial charge < -0.3 is 29.8 Å². The first-order chi connectivity index (χ1) is 12.9. The average molecular weight is 416 g/mol. The van der Waals surface area contributed by atoms with Crippen LogP contribution >= 0.6 is 7.92 Å². The minimum absolute atomic E-state index is 0. The standard InChI is InChI=1S/C18H15P.C7H5.Cu/c1-4-10-16(11-5-1)19(17-12-6-2-7-13-17)18-14-8-3-9-15-18;1-2-7-5-3-4-6-7;/h1-15H;2H2,1H3;/q;-5;+1/p+1. The van der Waals surface area contributed by atoms with Crippen LogP contribution in [0.1, 0.15) is 12.5 Å². The van der Waals surface area contributed by atoms with E-state index in [0.717, 1.165) is 12.0 Å². The molecule has 0 aliphatic carbocycles. The number of hydrogen-bond donors (Lipinski definition) is 0. The van der Waals surface area contributed by atoms with Gasteiger partial charge in [-0.05, 0) is 36.4 Å². The van der Waals surface area contributed by atoms with Crippen LogP contribution in [0.15, 0.2) is 91.0 Å². The van der Waals surface area contributed by atoms with Gasteiger partial charge in [-0.1, -0.05) is 61.5 Å². The molecule has 0 fully saturated rings. The van der Waals surface area contributed by atoms with Crippen LogP contribution in [-0.2, 0) is 23.5 Å². The van der Waals surface area contributed by atoms with Crippen molar-refractivity contribution in [2.24, 2.45) is 0 Å². The maximum absolute atomic E-state index is 2.85. The van der Waals surface area contributed by atoms with Gasteiger partial charge in [-0.25, -0.2) is 6.42 Å². The molecule has 0 aromatic heterocycles. The van der Waals surface area contributed by atoms with Gasteiger partial charge >= 0.3 is 17.1 Å². The van der Waals surface area contributed by atoms with Gasteiger partial charge in [0.05, 0.1) is 7.92 Å². The second kappa shape index (κ2) is 11.6. The van der Waals surface area contributed by atoms with E-state index >= 15 is 0 Å². The summed E-state index contributed by atoms with van der Waals surface area (Å²) < 4.78 is 0. The summed E-state index contributed by atoms with van der Waals surface area (Å²) in [7, 11) is -0.877. The van der Waals surface area contributed by atoms with E-state index in [1.807, 2.05) is 0 Å². The Morgan fingerprint density at radius 1 is 0.630 bits per heavy atom. The molecule has 0 aliphatic heterocycles. The first-order valence-corrected chi connectivity index (χ1v) is 10.3. The van der Waals surface area contributed by atoms with Crippen molar-refractivity contribution in [2.45, 2.75) is 13.3 Å². The van der Waals surface area contributed by atoms with Crippen LogP contribution in [0.25, 0.3) is 0 Å². The van der Waals surface area contributed by atoms with Crippen LogP contribution < -0.4 is 15.9 Å². The van der Waals surface area contributed by atoms with Crippen molar-refractivity contribution in [3.05, 3.63) is 121 Å². The molecule has 0 atom stereocenters. The molecule has 0 aliphatic rings. The smallest absolute Gasteiger partial charge is 0.998 e. The second-order valence-electron chi connectivity index (χ2n) is 5.81. The third-order valence-corrected chi connectivity index (χ3v) is 6.76. The minimum Gasteiger partial charge on any atom is -0.998 e. The quantitative estimate of drug-likeness (QED) is 0.264. The van der Waals surface area contributed by atoms with Gasteiger partial charge in [0, 0.05) is 0 Å². The van der Waals surface area contributed by atoms with Crippen LogP contribution in [0.2, 0.25) is 0 Å². The van der Waals surface area contributed by atoms with Gasteiger partial charge in [-0.3, -0.25) is 0 Å². The summed E-state index contributed by atoms with van der Waals surface area (Å²) in [6.45, 7) is 2.06. The van der Waals surface area contributed by atoms with E-state index in [9.17, 15) is 0 Å². The van der Waals surface area contributed by atoms with E-state index < -0.39 is 7.92 Å². The molecule has 0 heterocycles. The molecule has 27 heavy (non-hydrogen) atoms. The molecule has 0 saturated carbocycles. The molecular weight excluding hydrogens is 395 g/mol. The first-order valence-electron chi connectivity index (χ1n) is 8.79. The number of aryl methyl sites for hydroxylation is 1. The molecule has 0 radical (unpaired) electrons. The zero-order valence-corrected chi connectivity index (χ0v) is 17.1. The maximum Gasteiger partial charge on any atom is 1.00 e. The summed E-state index contributed by atoms with van der Waals surface area (Å²) in [5.41, 5.74) is 1.07. The summed E-state index contributed by atoms with van der Waals surface area (Å²) >= 11 is 0. The number of hydrogen-bond acceptors (Lipinski definition) is 0. The van der Waals surface area contributed by atoms with Crippen molar-refractivity contribution in [1.82, 2.24) is 0 Å². The Hall–Kier alpha value is -2.04. The van der Waals surface area contributed by atoms with Crippen LogP contribution in [0, 0.1) is 24.3 Å². The molecule has 0 unspecified atom stereocenters. The van der Waals surface area contributed by atoms with Crippen molar-refractivity contribution in [2.75, 3.05) is 0 Å². The largest absolute Gasteiger partial charge is 1.00 e. The van der Waals surface area contributed by atoms with Gasteiger partial charge in [0.15, 0.2) is 0 Å². The second-order valence-corrected chi connectivity index (χ2v) is 8.29. The SMILES string of the molecule is CC[c-]1[c-][c-][c-][c-]1.[Cu+].c1ccc([PH+](c2ccccc2)c2ccccc2)cc1. The number of rotatable bonds is 4. The van der Waals surface area contributed by atoms with Gasteiger partial charge in [-0.2, -0.15) is 0 Å². The predicted octanol–water partition coefficient (Wildman–Crippen LogP) is 4.34. The zero-order valence-electron chi connectivity index (χ0n) is 15.2. The molecule has 4 aromatic rings. The summed E-state index contributed by atoms with van der Waals surface area (Å²) in [6, 6.07) is 43.5. The van der Waals surface area contributed by atoms with E-state index in [4.69, 9.17) is 0 Å². The average Bonchev–Trinajstić information content (AvgIpc) is 3.25. The van der Waals surface area contributed by atoms with Crippen molar-refractivity contribution in [3.63, 3.8) is 0 Å². The van der Waals surface area contributed by atoms with Gasteiger partial charge in [0.2, 0.25) is 0 Å².